The molecule has 1 saturated heterocycles. The van der Waals surface area contributed by atoms with E-state index in [9.17, 15) is 4.79 Å². The van der Waals surface area contributed by atoms with Gasteiger partial charge in [0.25, 0.3) is 5.91 Å². The molecule has 2 heterocycles. The summed E-state index contributed by atoms with van der Waals surface area (Å²) in [5.41, 5.74) is 0.645. The Kier molecular flexibility index (Phi) is 4.12. The monoisotopic (exact) mass is 298 g/mol. The van der Waals surface area contributed by atoms with Gasteiger partial charge in [0, 0.05) is 32.3 Å². The average Bonchev–Trinajstić information content (AvgIpc) is 2.78. The second kappa shape index (κ2) is 5.60. The number of hydrogen-bond acceptors (Lipinski definition) is 3. The Bertz CT molecular complexity index is 394. The van der Waals surface area contributed by atoms with Gasteiger partial charge in [-0.15, -0.1) is 0 Å². The van der Waals surface area contributed by atoms with Gasteiger partial charge in [0.05, 0.1) is 12.2 Å². The second-order valence-corrected chi connectivity index (χ2v) is 5.04. The van der Waals surface area contributed by atoms with Gasteiger partial charge in [0.2, 0.25) is 0 Å². The quantitative estimate of drug-likeness (QED) is 0.801. The van der Waals surface area contributed by atoms with Crippen molar-refractivity contribution in [2.24, 2.45) is 5.92 Å². The van der Waals surface area contributed by atoms with Crippen molar-refractivity contribution in [2.45, 2.75) is 6.42 Å². The molecule has 0 bridgehead atoms. The molecule has 92 valence electrons. The van der Waals surface area contributed by atoms with E-state index in [1.54, 1.807) is 25.4 Å². The fraction of sp³-hybridized carbons (Fsp3) is 0.500. The Morgan fingerprint density at radius 3 is 3.12 bits per heavy atom. The third-order valence-corrected chi connectivity index (χ3v) is 3.42. The molecule has 2 rings (SSSR count). The van der Waals surface area contributed by atoms with Crippen LogP contribution in [0.5, 0.6) is 0 Å². The molecular formula is C12H15BrN2O2. The average molecular weight is 299 g/mol. The van der Waals surface area contributed by atoms with Gasteiger partial charge < -0.3 is 9.64 Å². The van der Waals surface area contributed by atoms with Crippen molar-refractivity contribution in [2.75, 3.05) is 26.8 Å². The fourth-order valence-corrected chi connectivity index (χ4v) is 2.31. The number of carbonyl (C=O) groups excluding carboxylic acids is 1. The topological polar surface area (TPSA) is 42.4 Å². The SMILES string of the molecule is COCC1CCN(C(=O)c2ccc(Br)nc2)C1. The molecule has 1 aliphatic heterocycles. The van der Waals surface area contributed by atoms with Crippen molar-refractivity contribution in [3.8, 4) is 0 Å². The Morgan fingerprint density at radius 2 is 2.47 bits per heavy atom. The Labute approximate surface area is 109 Å². The molecule has 1 aliphatic rings. The van der Waals surface area contributed by atoms with Gasteiger partial charge in [0.15, 0.2) is 0 Å². The predicted molar refractivity (Wildman–Crippen MR) is 67.8 cm³/mol. The molecule has 0 spiro atoms. The van der Waals surface area contributed by atoms with Crippen molar-refractivity contribution < 1.29 is 9.53 Å². The number of carbonyl (C=O) groups is 1. The molecule has 1 aromatic rings. The zero-order valence-electron chi connectivity index (χ0n) is 9.73. The molecule has 1 unspecified atom stereocenters. The van der Waals surface area contributed by atoms with E-state index < -0.39 is 0 Å². The lowest BCUT2D eigenvalue weighted by Crippen LogP contribution is -2.29. The maximum Gasteiger partial charge on any atom is 0.255 e. The van der Waals surface area contributed by atoms with Crippen LogP contribution in [0.15, 0.2) is 22.9 Å². The van der Waals surface area contributed by atoms with E-state index in [1.165, 1.54) is 0 Å². The molecule has 1 aromatic heterocycles. The maximum atomic E-state index is 12.1. The molecule has 4 nitrogen and oxygen atoms in total. The first-order valence-electron chi connectivity index (χ1n) is 5.60. The van der Waals surface area contributed by atoms with E-state index in [4.69, 9.17) is 4.74 Å². The van der Waals surface area contributed by atoms with E-state index in [0.717, 1.165) is 30.7 Å². The first kappa shape index (κ1) is 12.5. The van der Waals surface area contributed by atoms with Gasteiger partial charge in [-0.25, -0.2) is 4.98 Å². The standard InChI is InChI=1S/C12H15BrN2O2/c1-17-8-9-4-5-15(7-9)12(16)10-2-3-11(13)14-6-10/h2-3,6,9H,4-5,7-8H2,1H3. The Balaban J connectivity index is 1.99. The lowest BCUT2D eigenvalue weighted by Gasteiger charge is -2.16. The van der Waals surface area contributed by atoms with Crippen LogP contribution in [0.25, 0.3) is 0 Å². The molecular weight excluding hydrogens is 284 g/mol. The number of likely N-dealkylation sites (tertiary alicyclic amines) is 1. The lowest BCUT2D eigenvalue weighted by molar-refractivity contribution is 0.0775. The lowest BCUT2D eigenvalue weighted by atomic mass is 10.1. The smallest absolute Gasteiger partial charge is 0.255 e. The van der Waals surface area contributed by atoms with E-state index in [0.29, 0.717) is 11.5 Å². The molecule has 0 aliphatic carbocycles. The first-order chi connectivity index (χ1) is 8.20. The van der Waals surface area contributed by atoms with Crippen molar-refractivity contribution in [1.29, 1.82) is 0 Å². The highest BCUT2D eigenvalue weighted by Gasteiger charge is 2.26. The number of nitrogens with zero attached hydrogens (tertiary/aromatic N) is 2. The van der Waals surface area contributed by atoms with Gasteiger partial charge in [-0.05, 0) is 34.5 Å². The van der Waals surface area contributed by atoms with Crippen LogP contribution < -0.4 is 0 Å². The number of pyridine rings is 1. The van der Waals surface area contributed by atoms with Gasteiger partial charge in [-0.1, -0.05) is 0 Å². The highest BCUT2D eigenvalue weighted by molar-refractivity contribution is 9.10. The molecule has 1 atom stereocenters. The fourth-order valence-electron chi connectivity index (χ4n) is 2.07. The van der Waals surface area contributed by atoms with E-state index >= 15 is 0 Å². The molecule has 5 heteroatoms. The largest absolute Gasteiger partial charge is 0.384 e. The molecule has 17 heavy (non-hydrogen) atoms. The second-order valence-electron chi connectivity index (χ2n) is 4.23. The number of halogens is 1. The van der Waals surface area contributed by atoms with Crippen molar-refractivity contribution in [3.05, 3.63) is 28.5 Å². The third-order valence-electron chi connectivity index (χ3n) is 2.95. The molecule has 0 aromatic carbocycles. The zero-order valence-corrected chi connectivity index (χ0v) is 11.3. The minimum absolute atomic E-state index is 0.0589. The molecule has 0 saturated carbocycles. The summed E-state index contributed by atoms with van der Waals surface area (Å²) >= 11 is 3.26. The van der Waals surface area contributed by atoms with E-state index in [1.807, 2.05) is 4.90 Å². The number of ether oxygens (including phenoxy) is 1. The van der Waals surface area contributed by atoms with E-state index in [2.05, 4.69) is 20.9 Å². The van der Waals surface area contributed by atoms with Gasteiger partial charge in [-0.3, -0.25) is 4.79 Å². The summed E-state index contributed by atoms with van der Waals surface area (Å²) in [4.78, 5) is 18.1. The number of aromatic nitrogens is 1. The number of hydrogen-bond donors (Lipinski definition) is 0. The van der Waals surface area contributed by atoms with Crippen LogP contribution in [-0.4, -0.2) is 42.6 Å². The highest BCUT2D eigenvalue weighted by Crippen LogP contribution is 2.19. The van der Waals surface area contributed by atoms with Crippen LogP contribution in [0.2, 0.25) is 0 Å². The zero-order chi connectivity index (χ0) is 12.3. The number of amides is 1. The normalized spacial score (nSPS) is 19.6. The van der Waals surface area contributed by atoms with Gasteiger partial charge in [0.1, 0.15) is 4.60 Å². The maximum absolute atomic E-state index is 12.1. The van der Waals surface area contributed by atoms with Gasteiger partial charge in [-0.2, -0.15) is 0 Å². The molecule has 0 N–H and O–H groups in total. The van der Waals surface area contributed by atoms with Gasteiger partial charge >= 0.3 is 0 Å². The van der Waals surface area contributed by atoms with Crippen molar-refractivity contribution in [3.63, 3.8) is 0 Å². The van der Waals surface area contributed by atoms with E-state index in [-0.39, 0.29) is 5.91 Å². The summed E-state index contributed by atoms with van der Waals surface area (Å²) < 4.78 is 5.86. The van der Waals surface area contributed by atoms with Crippen molar-refractivity contribution >= 4 is 21.8 Å². The van der Waals surface area contributed by atoms with Crippen LogP contribution in [-0.2, 0) is 4.74 Å². The number of rotatable bonds is 3. The summed E-state index contributed by atoms with van der Waals surface area (Å²) in [7, 11) is 1.70. The van der Waals surface area contributed by atoms with Crippen LogP contribution >= 0.6 is 15.9 Å². The molecule has 1 fully saturated rings. The first-order valence-corrected chi connectivity index (χ1v) is 6.39. The predicted octanol–water partition coefficient (Wildman–Crippen LogP) is 1.95. The summed E-state index contributed by atoms with van der Waals surface area (Å²) in [6.45, 7) is 2.31. The summed E-state index contributed by atoms with van der Waals surface area (Å²) in [6.07, 6.45) is 2.62. The Hall–Kier alpha value is -0.940. The highest BCUT2D eigenvalue weighted by atomic mass is 79.9. The summed E-state index contributed by atoms with van der Waals surface area (Å²) in [5, 5.41) is 0. The Morgan fingerprint density at radius 1 is 1.65 bits per heavy atom. The summed E-state index contributed by atoms with van der Waals surface area (Å²) in [5.74, 6) is 0.524. The number of methoxy groups -OCH3 is 1. The summed E-state index contributed by atoms with van der Waals surface area (Å²) in [6, 6.07) is 3.58. The van der Waals surface area contributed by atoms with Crippen LogP contribution in [0, 0.1) is 5.92 Å². The van der Waals surface area contributed by atoms with Crippen LogP contribution in [0.4, 0.5) is 0 Å². The van der Waals surface area contributed by atoms with Crippen molar-refractivity contribution in [1.82, 2.24) is 9.88 Å². The molecule has 1 amide bonds. The van der Waals surface area contributed by atoms with Crippen LogP contribution in [0.1, 0.15) is 16.8 Å². The van der Waals surface area contributed by atoms with Crippen LogP contribution in [0.3, 0.4) is 0 Å². The minimum Gasteiger partial charge on any atom is -0.384 e. The third kappa shape index (κ3) is 3.04. The molecule has 0 radical (unpaired) electrons. The minimum atomic E-state index is 0.0589.